The molecule has 1 N–H and O–H groups in total. The molecule has 0 saturated carbocycles. The maximum absolute atomic E-state index is 5.56. The van der Waals surface area contributed by atoms with Gasteiger partial charge in [0.15, 0.2) is 0 Å². The van der Waals surface area contributed by atoms with E-state index in [1.165, 1.54) is 51.9 Å². The van der Waals surface area contributed by atoms with Gasteiger partial charge in [0, 0.05) is 19.2 Å². The molecule has 2 unspecified atom stereocenters. The molecule has 0 aromatic rings. The standard InChI is InChI=1S/C13H26N2O/c1-12-5-8-15(7-3-6-14-12)10-13-4-2-9-16-11-13/h12-14H,2-11H2,1H3. The molecule has 0 aliphatic carbocycles. The van der Waals surface area contributed by atoms with Crippen LogP contribution in [0.1, 0.15) is 32.6 Å². The molecule has 2 heterocycles. The summed E-state index contributed by atoms with van der Waals surface area (Å²) in [5.41, 5.74) is 0. The minimum atomic E-state index is 0.686. The van der Waals surface area contributed by atoms with Crippen LogP contribution in [-0.2, 0) is 4.74 Å². The van der Waals surface area contributed by atoms with Gasteiger partial charge in [0.05, 0.1) is 6.61 Å². The van der Waals surface area contributed by atoms with E-state index in [4.69, 9.17) is 4.74 Å². The highest BCUT2D eigenvalue weighted by Gasteiger charge is 2.19. The quantitative estimate of drug-likeness (QED) is 0.772. The molecular weight excluding hydrogens is 200 g/mol. The summed E-state index contributed by atoms with van der Waals surface area (Å²) in [4.78, 5) is 2.65. The smallest absolute Gasteiger partial charge is 0.0506 e. The van der Waals surface area contributed by atoms with Crippen LogP contribution >= 0.6 is 0 Å². The van der Waals surface area contributed by atoms with Crippen LogP contribution < -0.4 is 5.32 Å². The SMILES string of the molecule is CC1CCN(CC2CCCOC2)CCCN1. The Labute approximate surface area is 99.5 Å². The van der Waals surface area contributed by atoms with Gasteiger partial charge in [-0.2, -0.15) is 0 Å². The molecule has 0 spiro atoms. The topological polar surface area (TPSA) is 24.5 Å². The Morgan fingerprint density at radius 2 is 2.19 bits per heavy atom. The first kappa shape index (κ1) is 12.3. The summed E-state index contributed by atoms with van der Waals surface area (Å²) in [6, 6.07) is 0.686. The lowest BCUT2D eigenvalue weighted by Gasteiger charge is -2.32. The molecule has 0 aromatic carbocycles. The van der Waals surface area contributed by atoms with Crippen molar-refractivity contribution in [2.24, 2.45) is 5.92 Å². The first-order valence-electron chi connectivity index (χ1n) is 6.88. The number of nitrogens with one attached hydrogen (secondary N) is 1. The van der Waals surface area contributed by atoms with E-state index in [0.29, 0.717) is 6.04 Å². The van der Waals surface area contributed by atoms with Gasteiger partial charge >= 0.3 is 0 Å². The van der Waals surface area contributed by atoms with E-state index in [0.717, 1.165) is 19.1 Å². The Balaban J connectivity index is 1.73. The number of hydrogen-bond donors (Lipinski definition) is 1. The number of rotatable bonds is 2. The Morgan fingerprint density at radius 3 is 3.00 bits per heavy atom. The fraction of sp³-hybridized carbons (Fsp3) is 1.00. The summed E-state index contributed by atoms with van der Waals surface area (Å²) >= 11 is 0. The van der Waals surface area contributed by atoms with Crippen molar-refractivity contribution in [3.8, 4) is 0 Å². The Hall–Kier alpha value is -0.120. The van der Waals surface area contributed by atoms with E-state index in [1.54, 1.807) is 0 Å². The minimum absolute atomic E-state index is 0.686. The second-order valence-corrected chi connectivity index (χ2v) is 5.38. The second kappa shape index (κ2) is 6.58. The molecule has 16 heavy (non-hydrogen) atoms. The first-order chi connectivity index (χ1) is 7.84. The zero-order valence-electron chi connectivity index (χ0n) is 10.6. The van der Waals surface area contributed by atoms with Gasteiger partial charge in [-0.3, -0.25) is 0 Å². The third kappa shape index (κ3) is 4.04. The molecule has 94 valence electrons. The lowest BCUT2D eigenvalue weighted by molar-refractivity contribution is 0.0370. The molecule has 3 heteroatoms. The molecule has 0 amide bonds. The molecule has 3 nitrogen and oxygen atoms in total. The van der Waals surface area contributed by atoms with Gasteiger partial charge in [-0.05, 0) is 58.2 Å². The summed E-state index contributed by atoms with van der Waals surface area (Å²) in [5.74, 6) is 0.788. The van der Waals surface area contributed by atoms with Crippen LogP contribution in [0.2, 0.25) is 0 Å². The predicted molar refractivity (Wildman–Crippen MR) is 66.7 cm³/mol. The third-order valence-corrected chi connectivity index (χ3v) is 3.79. The summed E-state index contributed by atoms with van der Waals surface area (Å²) in [6.45, 7) is 9.22. The fourth-order valence-electron chi connectivity index (χ4n) is 2.74. The Bertz CT molecular complexity index is 192. The van der Waals surface area contributed by atoms with Crippen molar-refractivity contribution in [3.05, 3.63) is 0 Å². The van der Waals surface area contributed by atoms with Crippen molar-refractivity contribution < 1.29 is 4.74 Å². The zero-order chi connectivity index (χ0) is 11.2. The van der Waals surface area contributed by atoms with Crippen molar-refractivity contribution in [1.29, 1.82) is 0 Å². The molecule has 2 atom stereocenters. The molecule has 0 bridgehead atoms. The summed E-state index contributed by atoms with van der Waals surface area (Å²) in [5, 5.41) is 3.56. The number of hydrogen-bond acceptors (Lipinski definition) is 3. The molecule has 2 rings (SSSR count). The van der Waals surface area contributed by atoms with Crippen molar-refractivity contribution in [1.82, 2.24) is 10.2 Å². The normalized spacial score (nSPS) is 34.3. The van der Waals surface area contributed by atoms with E-state index in [2.05, 4.69) is 17.1 Å². The maximum Gasteiger partial charge on any atom is 0.0506 e. The van der Waals surface area contributed by atoms with E-state index in [1.807, 2.05) is 0 Å². The minimum Gasteiger partial charge on any atom is -0.381 e. The van der Waals surface area contributed by atoms with Crippen LogP contribution in [0.3, 0.4) is 0 Å². The summed E-state index contributed by atoms with van der Waals surface area (Å²) in [7, 11) is 0. The van der Waals surface area contributed by atoms with Crippen LogP contribution in [0.15, 0.2) is 0 Å². The summed E-state index contributed by atoms with van der Waals surface area (Å²) < 4.78 is 5.56. The van der Waals surface area contributed by atoms with Crippen LogP contribution in [0.25, 0.3) is 0 Å². The van der Waals surface area contributed by atoms with E-state index < -0.39 is 0 Å². The highest BCUT2D eigenvalue weighted by atomic mass is 16.5. The van der Waals surface area contributed by atoms with Crippen molar-refractivity contribution in [3.63, 3.8) is 0 Å². The lowest BCUT2D eigenvalue weighted by Crippen LogP contribution is -2.41. The van der Waals surface area contributed by atoms with Gasteiger partial charge in [-0.1, -0.05) is 0 Å². The number of nitrogens with zero attached hydrogens (tertiary/aromatic N) is 1. The van der Waals surface area contributed by atoms with Gasteiger partial charge in [0.1, 0.15) is 0 Å². The predicted octanol–water partition coefficient (Wildman–Crippen LogP) is 1.49. The van der Waals surface area contributed by atoms with E-state index >= 15 is 0 Å². The highest BCUT2D eigenvalue weighted by Crippen LogP contribution is 2.16. The maximum atomic E-state index is 5.56. The van der Waals surface area contributed by atoms with Gasteiger partial charge in [0.25, 0.3) is 0 Å². The third-order valence-electron chi connectivity index (χ3n) is 3.79. The van der Waals surface area contributed by atoms with Crippen LogP contribution in [0, 0.1) is 5.92 Å². The molecule has 2 aliphatic rings. The van der Waals surface area contributed by atoms with Gasteiger partial charge < -0.3 is 15.0 Å². The molecule has 2 fully saturated rings. The van der Waals surface area contributed by atoms with E-state index in [9.17, 15) is 0 Å². The Kier molecular flexibility index (Phi) is 5.07. The van der Waals surface area contributed by atoms with Crippen LogP contribution in [0.4, 0.5) is 0 Å². The number of ether oxygens (including phenoxy) is 1. The van der Waals surface area contributed by atoms with E-state index in [-0.39, 0.29) is 0 Å². The first-order valence-corrected chi connectivity index (χ1v) is 6.88. The molecule has 2 aliphatic heterocycles. The van der Waals surface area contributed by atoms with Crippen LogP contribution in [0.5, 0.6) is 0 Å². The largest absolute Gasteiger partial charge is 0.381 e. The van der Waals surface area contributed by atoms with Gasteiger partial charge in [-0.25, -0.2) is 0 Å². The fourth-order valence-corrected chi connectivity index (χ4v) is 2.74. The Morgan fingerprint density at radius 1 is 1.25 bits per heavy atom. The molecule has 0 radical (unpaired) electrons. The van der Waals surface area contributed by atoms with Gasteiger partial charge in [0.2, 0.25) is 0 Å². The monoisotopic (exact) mass is 226 g/mol. The van der Waals surface area contributed by atoms with Crippen molar-refractivity contribution in [2.75, 3.05) is 39.4 Å². The van der Waals surface area contributed by atoms with Crippen molar-refractivity contribution in [2.45, 2.75) is 38.6 Å². The second-order valence-electron chi connectivity index (χ2n) is 5.38. The van der Waals surface area contributed by atoms with Crippen molar-refractivity contribution >= 4 is 0 Å². The highest BCUT2D eigenvalue weighted by molar-refractivity contribution is 4.73. The van der Waals surface area contributed by atoms with Crippen LogP contribution in [-0.4, -0.2) is 50.3 Å². The van der Waals surface area contributed by atoms with Gasteiger partial charge in [-0.15, -0.1) is 0 Å². The molecule has 0 aromatic heterocycles. The molecular formula is C13H26N2O. The lowest BCUT2D eigenvalue weighted by atomic mass is 10.0. The summed E-state index contributed by atoms with van der Waals surface area (Å²) in [6.07, 6.45) is 5.20. The average molecular weight is 226 g/mol. The molecule has 2 saturated heterocycles. The average Bonchev–Trinajstić information content (AvgIpc) is 2.30. The zero-order valence-corrected chi connectivity index (χ0v) is 10.6.